The smallest absolute Gasteiger partial charge is 0.123 e. The second-order valence-corrected chi connectivity index (χ2v) is 5.33. The zero-order chi connectivity index (χ0) is 14.7. The number of benzene rings is 1. The first-order chi connectivity index (χ1) is 10.3. The van der Waals surface area contributed by atoms with Crippen LogP contribution in [0.5, 0.6) is 5.75 Å². The molecule has 0 bridgehead atoms. The maximum Gasteiger partial charge on any atom is 0.123 e. The lowest BCUT2D eigenvalue weighted by atomic mass is 9.98. The summed E-state index contributed by atoms with van der Waals surface area (Å²) >= 11 is 0. The number of fused-ring (bicyclic) bond motifs is 1. The Balaban J connectivity index is 1.61. The van der Waals surface area contributed by atoms with E-state index in [1.807, 2.05) is 36.1 Å². The van der Waals surface area contributed by atoms with Gasteiger partial charge in [0.25, 0.3) is 0 Å². The van der Waals surface area contributed by atoms with Crippen LogP contribution in [0, 0.1) is 0 Å². The van der Waals surface area contributed by atoms with Gasteiger partial charge >= 0.3 is 0 Å². The maximum atomic E-state index is 5.67. The Labute approximate surface area is 124 Å². The maximum absolute atomic E-state index is 5.67. The molecule has 0 aliphatic carbocycles. The van der Waals surface area contributed by atoms with E-state index in [9.17, 15) is 0 Å². The summed E-state index contributed by atoms with van der Waals surface area (Å²) in [5.41, 5.74) is 3.66. The van der Waals surface area contributed by atoms with Gasteiger partial charge in [0.2, 0.25) is 0 Å². The molecule has 0 spiro atoms. The molecule has 5 heteroatoms. The van der Waals surface area contributed by atoms with Crippen molar-refractivity contribution in [2.24, 2.45) is 7.05 Å². The van der Waals surface area contributed by atoms with Crippen molar-refractivity contribution >= 4 is 0 Å². The summed E-state index contributed by atoms with van der Waals surface area (Å²) in [6.45, 7) is 3.07. The Hall–Kier alpha value is -1.85. The van der Waals surface area contributed by atoms with Crippen LogP contribution in [0.15, 0.2) is 30.5 Å². The van der Waals surface area contributed by atoms with Gasteiger partial charge in [0.1, 0.15) is 5.75 Å². The molecule has 3 rings (SSSR count). The standard InChI is InChI=1S/C16H21N3O2/c1-19-15-11-21-10-13(14(15)9-18-19)8-17-7-12-5-3-4-6-16(12)20-2/h3-6,9,13,17H,7-8,10-11H2,1-2H3/t13-/m1/s1. The molecule has 112 valence electrons. The number of rotatable bonds is 5. The summed E-state index contributed by atoms with van der Waals surface area (Å²) in [6, 6.07) is 8.08. The molecule has 0 unspecified atom stereocenters. The van der Waals surface area contributed by atoms with E-state index in [2.05, 4.69) is 16.5 Å². The van der Waals surface area contributed by atoms with Gasteiger partial charge in [-0.05, 0) is 6.07 Å². The predicted octanol–water partition coefficient (Wildman–Crippen LogP) is 1.83. The molecule has 5 nitrogen and oxygen atoms in total. The van der Waals surface area contributed by atoms with Gasteiger partial charge < -0.3 is 14.8 Å². The summed E-state index contributed by atoms with van der Waals surface area (Å²) in [5, 5.41) is 7.83. The number of para-hydroxylation sites is 1. The summed E-state index contributed by atoms with van der Waals surface area (Å²) in [7, 11) is 3.67. The number of ether oxygens (including phenoxy) is 2. The van der Waals surface area contributed by atoms with E-state index < -0.39 is 0 Å². The van der Waals surface area contributed by atoms with Gasteiger partial charge in [-0.3, -0.25) is 4.68 Å². The number of nitrogens with zero attached hydrogens (tertiary/aromatic N) is 2. The minimum Gasteiger partial charge on any atom is -0.496 e. The van der Waals surface area contributed by atoms with Crippen molar-refractivity contribution in [1.29, 1.82) is 0 Å². The normalized spacial score (nSPS) is 17.5. The van der Waals surface area contributed by atoms with E-state index in [-0.39, 0.29) is 0 Å². The van der Waals surface area contributed by atoms with E-state index in [0.717, 1.165) is 25.4 Å². The minimum absolute atomic E-state index is 0.358. The molecule has 21 heavy (non-hydrogen) atoms. The molecule has 0 saturated carbocycles. The molecule has 0 saturated heterocycles. The first kappa shape index (κ1) is 14.1. The quantitative estimate of drug-likeness (QED) is 0.911. The van der Waals surface area contributed by atoms with Crippen LogP contribution in [0.3, 0.4) is 0 Å². The lowest BCUT2D eigenvalue weighted by Gasteiger charge is -2.23. The highest BCUT2D eigenvalue weighted by Crippen LogP contribution is 2.25. The average molecular weight is 287 g/mol. The van der Waals surface area contributed by atoms with Gasteiger partial charge in [0.15, 0.2) is 0 Å². The summed E-state index contributed by atoms with van der Waals surface area (Å²) in [6.07, 6.45) is 1.97. The molecule has 1 aromatic heterocycles. The van der Waals surface area contributed by atoms with Gasteiger partial charge in [-0.1, -0.05) is 18.2 Å². The van der Waals surface area contributed by atoms with Crippen LogP contribution in [0.1, 0.15) is 22.7 Å². The molecule has 2 heterocycles. The Morgan fingerprint density at radius 2 is 2.29 bits per heavy atom. The van der Waals surface area contributed by atoms with Gasteiger partial charge in [-0.15, -0.1) is 0 Å². The zero-order valence-electron chi connectivity index (χ0n) is 12.5. The molecule has 0 amide bonds. The van der Waals surface area contributed by atoms with Gasteiger partial charge in [-0.25, -0.2) is 0 Å². The minimum atomic E-state index is 0.358. The van der Waals surface area contributed by atoms with Crippen LogP contribution in [-0.4, -0.2) is 30.0 Å². The van der Waals surface area contributed by atoms with Crippen molar-refractivity contribution in [3.8, 4) is 5.75 Å². The fourth-order valence-corrected chi connectivity index (χ4v) is 2.78. The summed E-state index contributed by atoms with van der Waals surface area (Å²) in [5.74, 6) is 1.28. The second-order valence-electron chi connectivity index (χ2n) is 5.33. The van der Waals surface area contributed by atoms with Gasteiger partial charge in [-0.2, -0.15) is 5.10 Å². The lowest BCUT2D eigenvalue weighted by Crippen LogP contribution is -2.28. The highest BCUT2D eigenvalue weighted by atomic mass is 16.5. The molecule has 0 radical (unpaired) electrons. The highest BCUT2D eigenvalue weighted by Gasteiger charge is 2.23. The monoisotopic (exact) mass is 287 g/mol. The zero-order valence-corrected chi connectivity index (χ0v) is 12.5. The summed E-state index contributed by atoms with van der Waals surface area (Å²) < 4.78 is 12.9. The van der Waals surface area contributed by atoms with E-state index in [4.69, 9.17) is 9.47 Å². The van der Waals surface area contributed by atoms with Crippen molar-refractivity contribution in [2.45, 2.75) is 19.1 Å². The van der Waals surface area contributed by atoms with Crippen LogP contribution < -0.4 is 10.1 Å². The highest BCUT2D eigenvalue weighted by molar-refractivity contribution is 5.33. The Morgan fingerprint density at radius 1 is 1.43 bits per heavy atom. The van der Waals surface area contributed by atoms with E-state index >= 15 is 0 Å². The van der Waals surface area contributed by atoms with Crippen LogP contribution in [0.4, 0.5) is 0 Å². The largest absolute Gasteiger partial charge is 0.496 e. The Morgan fingerprint density at radius 3 is 3.14 bits per heavy atom. The number of methoxy groups -OCH3 is 1. The van der Waals surface area contributed by atoms with Crippen LogP contribution in [0.25, 0.3) is 0 Å². The molecule has 1 N–H and O–H groups in total. The van der Waals surface area contributed by atoms with Crippen molar-refractivity contribution in [3.63, 3.8) is 0 Å². The van der Waals surface area contributed by atoms with Crippen molar-refractivity contribution in [2.75, 3.05) is 20.3 Å². The van der Waals surface area contributed by atoms with Crippen LogP contribution >= 0.6 is 0 Å². The number of nitrogens with one attached hydrogen (secondary N) is 1. The fourth-order valence-electron chi connectivity index (χ4n) is 2.78. The van der Waals surface area contributed by atoms with Crippen molar-refractivity contribution < 1.29 is 9.47 Å². The van der Waals surface area contributed by atoms with E-state index in [0.29, 0.717) is 12.5 Å². The van der Waals surface area contributed by atoms with Crippen LogP contribution in [0.2, 0.25) is 0 Å². The molecular weight excluding hydrogens is 266 g/mol. The van der Waals surface area contributed by atoms with Crippen molar-refractivity contribution in [1.82, 2.24) is 15.1 Å². The van der Waals surface area contributed by atoms with E-state index in [1.54, 1.807) is 7.11 Å². The van der Waals surface area contributed by atoms with Gasteiger partial charge in [0, 0.05) is 37.2 Å². The number of aromatic nitrogens is 2. The fraction of sp³-hybridized carbons (Fsp3) is 0.438. The summed E-state index contributed by atoms with van der Waals surface area (Å²) in [4.78, 5) is 0. The number of hydrogen-bond acceptors (Lipinski definition) is 4. The Bertz CT molecular complexity index is 609. The lowest BCUT2D eigenvalue weighted by molar-refractivity contribution is 0.0857. The Kier molecular flexibility index (Phi) is 4.22. The molecule has 0 fully saturated rings. The molecular formula is C16H21N3O2. The predicted molar refractivity (Wildman–Crippen MR) is 80.3 cm³/mol. The molecule has 2 aromatic rings. The third-order valence-corrected chi connectivity index (χ3v) is 3.99. The van der Waals surface area contributed by atoms with Crippen LogP contribution in [-0.2, 0) is 24.9 Å². The third-order valence-electron chi connectivity index (χ3n) is 3.99. The van der Waals surface area contributed by atoms with Crippen molar-refractivity contribution in [3.05, 3.63) is 47.3 Å². The molecule has 1 aromatic carbocycles. The molecule has 1 aliphatic heterocycles. The molecule has 1 atom stereocenters. The first-order valence-electron chi connectivity index (χ1n) is 7.20. The SMILES string of the molecule is COc1ccccc1CNC[C@@H]1COCc2c1cnn2C. The third kappa shape index (κ3) is 2.94. The molecule has 1 aliphatic rings. The average Bonchev–Trinajstić information content (AvgIpc) is 2.90. The second kappa shape index (κ2) is 6.28. The topological polar surface area (TPSA) is 48.3 Å². The number of aryl methyl sites for hydroxylation is 1. The van der Waals surface area contributed by atoms with Gasteiger partial charge in [0.05, 0.1) is 32.2 Å². The first-order valence-corrected chi connectivity index (χ1v) is 7.20. The van der Waals surface area contributed by atoms with E-state index in [1.165, 1.54) is 16.8 Å². The number of hydrogen-bond donors (Lipinski definition) is 1.